The molecule has 0 fully saturated rings. The van der Waals surface area contributed by atoms with E-state index in [1.165, 1.54) is 56.0 Å². The van der Waals surface area contributed by atoms with Crippen molar-refractivity contribution in [2.24, 2.45) is 0 Å². The van der Waals surface area contributed by atoms with E-state index in [2.05, 4.69) is 122 Å². The molecule has 3 heteroatoms. The molecule has 0 saturated heterocycles. The van der Waals surface area contributed by atoms with Crippen LogP contribution in [0.1, 0.15) is 50.7 Å². The van der Waals surface area contributed by atoms with Gasteiger partial charge in [-0.3, -0.25) is 0 Å². The lowest BCUT2D eigenvalue weighted by atomic mass is 9.94. The summed E-state index contributed by atoms with van der Waals surface area (Å²) in [6, 6.07) is 27.2. The Morgan fingerprint density at radius 1 is 0.636 bits per heavy atom. The van der Waals surface area contributed by atoms with Gasteiger partial charge in [-0.1, -0.05) is 70.2 Å². The van der Waals surface area contributed by atoms with E-state index in [1.54, 1.807) is 0 Å². The van der Waals surface area contributed by atoms with Crippen LogP contribution in [0.25, 0.3) is 10.8 Å². The van der Waals surface area contributed by atoms with Gasteiger partial charge in [-0.05, 0) is 58.7 Å². The molecule has 0 aliphatic carbocycles. The van der Waals surface area contributed by atoms with Crippen molar-refractivity contribution in [2.75, 3.05) is 28.4 Å². The molecule has 0 radical (unpaired) electrons. The first-order chi connectivity index (χ1) is 15.9. The average Bonchev–Trinajstić information content (AvgIpc) is 3.22. The summed E-state index contributed by atoms with van der Waals surface area (Å²) in [5.41, 5.74) is 10.5. The molecule has 4 aromatic rings. The van der Waals surface area contributed by atoms with Gasteiger partial charge in [0.1, 0.15) is 6.67 Å². The highest BCUT2D eigenvalue weighted by atomic mass is 15.4. The Labute approximate surface area is 196 Å². The number of benzene rings is 4. The van der Waals surface area contributed by atoms with Crippen molar-refractivity contribution in [3.63, 3.8) is 0 Å². The molecule has 0 aromatic heterocycles. The van der Waals surface area contributed by atoms with Crippen LogP contribution in [0.2, 0.25) is 0 Å². The third-order valence-corrected chi connectivity index (χ3v) is 7.31. The van der Waals surface area contributed by atoms with Gasteiger partial charge in [-0.15, -0.1) is 0 Å². The molecule has 6 rings (SSSR count). The molecule has 0 atom stereocenters. The molecule has 4 aromatic carbocycles. The minimum absolute atomic E-state index is 0.501. The first kappa shape index (κ1) is 20.2. The quantitative estimate of drug-likeness (QED) is 0.321. The van der Waals surface area contributed by atoms with E-state index >= 15 is 0 Å². The third kappa shape index (κ3) is 2.95. The molecule has 0 unspecified atom stereocenters. The SMILES string of the molecule is CC(C)c1cc(C(C)C)cc(N2CN3c4ccc5ccccc5c4N(C)c4cccc2c43)c1. The molecule has 2 heterocycles. The van der Waals surface area contributed by atoms with Gasteiger partial charge in [-0.2, -0.15) is 0 Å². The van der Waals surface area contributed by atoms with Crippen molar-refractivity contribution in [1.29, 1.82) is 0 Å². The number of rotatable bonds is 3. The predicted molar refractivity (Wildman–Crippen MR) is 142 cm³/mol. The first-order valence-electron chi connectivity index (χ1n) is 12.0. The number of anilines is 6. The fourth-order valence-corrected chi connectivity index (χ4v) is 5.41. The van der Waals surface area contributed by atoms with E-state index in [1.807, 2.05) is 0 Å². The summed E-state index contributed by atoms with van der Waals surface area (Å²) in [5, 5.41) is 2.58. The fraction of sp³-hybridized carbons (Fsp3) is 0.267. The Hall–Kier alpha value is -3.46. The Bertz CT molecular complexity index is 1360. The van der Waals surface area contributed by atoms with Crippen molar-refractivity contribution in [2.45, 2.75) is 39.5 Å². The lowest BCUT2D eigenvalue weighted by Gasteiger charge is -2.36. The van der Waals surface area contributed by atoms with E-state index in [9.17, 15) is 0 Å². The molecule has 0 spiro atoms. The van der Waals surface area contributed by atoms with Crippen LogP contribution >= 0.6 is 0 Å². The fourth-order valence-electron chi connectivity index (χ4n) is 5.41. The zero-order chi connectivity index (χ0) is 22.9. The lowest BCUT2D eigenvalue weighted by Crippen LogP contribution is -2.28. The standard InChI is InChI=1S/C30H31N3/c1-19(2)22-15-23(20(3)4)17-24(16-22)32-18-33-28-14-13-21-9-6-7-10-25(21)29(28)31(5)26-11-8-12-27(32)30(26)33/h6-17,19-20H,18H2,1-5H3. The van der Waals surface area contributed by atoms with Gasteiger partial charge in [0, 0.05) is 18.1 Å². The third-order valence-electron chi connectivity index (χ3n) is 7.31. The second-order valence-corrected chi connectivity index (χ2v) is 10.0. The van der Waals surface area contributed by atoms with E-state index in [4.69, 9.17) is 0 Å². The predicted octanol–water partition coefficient (Wildman–Crippen LogP) is 8.42. The number of hydrogen-bond acceptors (Lipinski definition) is 3. The molecule has 33 heavy (non-hydrogen) atoms. The van der Waals surface area contributed by atoms with Gasteiger partial charge in [0.05, 0.1) is 28.4 Å². The van der Waals surface area contributed by atoms with E-state index in [0.717, 1.165) is 6.67 Å². The molecule has 2 aliphatic rings. The molecule has 0 amide bonds. The van der Waals surface area contributed by atoms with Crippen LogP contribution in [0.15, 0.2) is 72.8 Å². The van der Waals surface area contributed by atoms with Crippen LogP contribution < -0.4 is 14.7 Å². The molecule has 2 aliphatic heterocycles. The van der Waals surface area contributed by atoms with Gasteiger partial charge < -0.3 is 14.7 Å². The normalized spacial score (nSPS) is 14.5. The lowest BCUT2D eigenvalue weighted by molar-refractivity contribution is 0.831. The smallest absolute Gasteiger partial charge is 0.100 e. The Balaban J connectivity index is 1.55. The van der Waals surface area contributed by atoms with Gasteiger partial charge in [-0.25, -0.2) is 0 Å². The van der Waals surface area contributed by atoms with Crippen molar-refractivity contribution in [3.05, 3.63) is 83.9 Å². The number of fused-ring (bicyclic) bond motifs is 4. The minimum Gasteiger partial charge on any atom is -0.341 e. The highest BCUT2D eigenvalue weighted by molar-refractivity contribution is 6.10. The second-order valence-electron chi connectivity index (χ2n) is 10.0. The summed E-state index contributed by atoms with van der Waals surface area (Å²) in [7, 11) is 2.21. The zero-order valence-electron chi connectivity index (χ0n) is 20.1. The summed E-state index contributed by atoms with van der Waals surface area (Å²) in [6.45, 7) is 9.97. The van der Waals surface area contributed by atoms with Crippen molar-refractivity contribution in [3.8, 4) is 0 Å². The van der Waals surface area contributed by atoms with Crippen molar-refractivity contribution < 1.29 is 0 Å². The van der Waals surface area contributed by atoms with Crippen LogP contribution in [0.3, 0.4) is 0 Å². The van der Waals surface area contributed by atoms with Crippen LogP contribution in [0.4, 0.5) is 34.1 Å². The first-order valence-corrected chi connectivity index (χ1v) is 12.0. The topological polar surface area (TPSA) is 9.72 Å². The van der Waals surface area contributed by atoms with E-state index in [-0.39, 0.29) is 0 Å². The zero-order valence-corrected chi connectivity index (χ0v) is 20.1. The van der Waals surface area contributed by atoms with Crippen molar-refractivity contribution >= 4 is 44.9 Å². The van der Waals surface area contributed by atoms with Crippen LogP contribution in [0.5, 0.6) is 0 Å². The maximum absolute atomic E-state index is 2.50. The Morgan fingerprint density at radius 2 is 1.30 bits per heavy atom. The number of hydrogen-bond donors (Lipinski definition) is 0. The van der Waals surface area contributed by atoms with Crippen LogP contribution in [-0.2, 0) is 0 Å². The van der Waals surface area contributed by atoms with Crippen LogP contribution in [-0.4, -0.2) is 13.7 Å². The molecular weight excluding hydrogens is 402 g/mol. The van der Waals surface area contributed by atoms with E-state index in [0.29, 0.717) is 11.8 Å². The minimum atomic E-state index is 0.501. The summed E-state index contributed by atoms with van der Waals surface area (Å²) in [5.74, 6) is 1.00. The summed E-state index contributed by atoms with van der Waals surface area (Å²) >= 11 is 0. The van der Waals surface area contributed by atoms with E-state index < -0.39 is 0 Å². The summed E-state index contributed by atoms with van der Waals surface area (Å²) < 4.78 is 0. The highest BCUT2D eigenvalue weighted by Gasteiger charge is 2.37. The Kier molecular flexibility index (Phi) is 4.45. The van der Waals surface area contributed by atoms with Gasteiger partial charge in [0.25, 0.3) is 0 Å². The number of nitrogens with zero attached hydrogens (tertiary/aromatic N) is 3. The van der Waals surface area contributed by atoms with Crippen LogP contribution in [0, 0.1) is 0 Å². The second kappa shape index (κ2) is 7.28. The maximum Gasteiger partial charge on any atom is 0.100 e. The largest absolute Gasteiger partial charge is 0.341 e. The number of para-hydroxylation sites is 1. The van der Waals surface area contributed by atoms with Gasteiger partial charge >= 0.3 is 0 Å². The molecule has 0 bridgehead atoms. The molecule has 166 valence electrons. The highest BCUT2D eigenvalue weighted by Crippen LogP contribution is 2.57. The summed E-state index contributed by atoms with van der Waals surface area (Å²) in [6.07, 6.45) is 0. The van der Waals surface area contributed by atoms with Gasteiger partial charge in [0.15, 0.2) is 0 Å². The summed E-state index contributed by atoms with van der Waals surface area (Å²) in [4.78, 5) is 7.37. The van der Waals surface area contributed by atoms with Gasteiger partial charge in [0.2, 0.25) is 0 Å². The van der Waals surface area contributed by atoms with Crippen molar-refractivity contribution in [1.82, 2.24) is 0 Å². The molecule has 0 N–H and O–H groups in total. The average molecular weight is 434 g/mol. The maximum atomic E-state index is 2.50. The monoisotopic (exact) mass is 433 g/mol. The molecule has 0 saturated carbocycles. The molecule has 3 nitrogen and oxygen atoms in total. The Morgan fingerprint density at radius 3 is 2.03 bits per heavy atom. The molecular formula is C30H31N3.